The van der Waals surface area contributed by atoms with Crippen LogP contribution in [0.2, 0.25) is 0 Å². The van der Waals surface area contributed by atoms with Gasteiger partial charge in [0.05, 0.1) is 0 Å². The van der Waals surface area contributed by atoms with Gasteiger partial charge in [0.25, 0.3) is 0 Å². The lowest BCUT2D eigenvalue weighted by Gasteiger charge is -2.03. The second kappa shape index (κ2) is 9.63. The van der Waals surface area contributed by atoms with Crippen molar-refractivity contribution >= 4 is 29.7 Å². The third kappa shape index (κ3) is 6.82. The van der Waals surface area contributed by atoms with Gasteiger partial charge in [-0.15, -0.1) is 23.7 Å². The fourth-order valence-electron chi connectivity index (χ4n) is 1.28. The molecule has 0 bridgehead atoms. The van der Waals surface area contributed by atoms with Gasteiger partial charge in [-0.25, -0.2) is 0 Å². The van der Waals surface area contributed by atoms with Crippen LogP contribution in [0.5, 0.6) is 0 Å². The van der Waals surface area contributed by atoms with E-state index in [1.165, 1.54) is 4.88 Å². The number of nitrogens with one attached hydrogen (secondary N) is 1. The van der Waals surface area contributed by atoms with Gasteiger partial charge in [-0.3, -0.25) is 4.79 Å². The van der Waals surface area contributed by atoms with E-state index in [-0.39, 0.29) is 18.3 Å². The van der Waals surface area contributed by atoms with Crippen molar-refractivity contribution in [2.24, 2.45) is 5.73 Å². The zero-order chi connectivity index (χ0) is 10.9. The topological polar surface area (TPSA) is 55.1 Å². The van der Waals surface area contributed by atoms with Crippen LogP contribution in [0.4, 0.5) is 0 Å². The lowest BCUT2D eigenvalue weighted by Crippen LogP contribution is -2.24. The lowest BCUT2D eigenvalue weighted by molar-refractivity contribution is -0.121. The van der Waals surface area contributed by atoms with E-state index in [4.69, 9.17) is 5.73 Å². The number of carbonyl (C=O) groups is 1. The van der Waals surface area contributed by atoms with Crippen LogP contribution in [-0.4, -0.2) is 19.0 Å². The van der Waals surface area contributed by atoms with E-state index >= 15 is 0 Å². The molecule has 0 aliphatic rings. The first-order valence-corrected chi connectivity index (χ1v) is 6.20. The molecule has 0 aliphatic heterocycles. The van der Waals surface area contributed by atoms with Gasteiger partial charge in [0.2, 0.25) is 5.91 Å². The van der Waals surface area contributed by atoms with E-state index < -0.39 is 0 Å². The van der Waals surface area contributed by atoms with Crippen LogP contribution in [0.3, 0.4) is 0 Å². The summed E-state index contributed by atoms with van der Waals surface area (Å²) in [5.74, 6) is 0.139. The van der Waals surface area contributed by atoms with Crippen molar-refractivity contribution in [1.29, 1.82) is 0 Å². The van der Waals surface area contributed by atoms with Gasteiger partial charge >= 0.3 is 0 Å². The molecule has 3 nitrogen and oxygen atoms in total. The molecule has 1 rings (SSSR count). The van der Waals surface area contributed by atoms with Crippen molar-refractivity contribution in [2.75, 3.05) is 13.1 Å². The Morgan fingerprint density at radius 2 is 2.25 bits per heavy atom. The average molecular weight is 263 g/mol. The van der Waals surface area contributed by atoms with Gasteiger partial charge in [0.1, 0.15) is 0 Å². The summed E-state index contributed by atoms with van der Waals surface area (Å²) < 4.78 is 0. The van der Waals surface area contributed by atoms with Crippen molar-refractivity contribution in [2.45, 2.75) is 25.7 Å². The molecule has 0 saturated carbocycles. The van der Waals surface area contributed by atoms with Gasteiger partial charge in [-0.2, -0.15) is 0 Å². The zero-order valence-corrected chi connectivity index (χ0v) is 10.9. The summed E-state index contributed by atoms with van der Waals surface area (Å²) in [6, 6.07) is 4.07. The maximum absolute atomic E-state index is 11.4. The van der Waals surface area contributed by atoms with E-state index in [1.54, 1.807) is 11.3 Å². The van der Waals surface area contributed by atoms with E-state index in [0.717, 1.165) is 25.8 Å². The van der Waals surface area contributed by atoms with Crippen LogP contribution in [0.15, 0.2) is 17.5 Å². The number of amides is 1. The SMILES string of the molecule is Cl.NCCCCNC(=O)CCc1cccs1. The summed E-state index contributed by atoms with van der Waals surface area (Å²) in [6.07, 6.45) is 3.38. The normalized spacial score (nSPS) is 9.56. The molecule has 16 heavy (non-hydrogen) atoms. The Hall–Kier alpha value is -0.580. The number of unbranched alkanes of at least 4 members (excludes halogenated alkanes) is 1. The van der Waals surface area contributed by atoms with Crippen LogP contribution >= 0.6 is 23.7 Å². The second-order valence-corrected chi connectivity index (χ2v) is 4.46. The molecule has 0 fully saturated rings. The monoisotopic (exact) mass is 262 g/mol. The largest absolute Gasteiger partial charge is 0.356 e. The Labute approximate surface area is 107 Å². The first kappa shape index (κ1) is 15.4. The number of carbonyl (C=O) groups excluding carboxylic acids is 1. The number of rotatable bonds is 7. The van der Waals surface area contributed by atoms with Crippen molar-refractivity contribution in [3.63, 3.8) is 0 Å². The summed E-state index contributed by atoms with van der Waals surface area (Å²) in [5, 5.41) is 4.93. The van der Waals surface area contributed by atoms with Crippen molar-refractivity contribution in [3.8, 4) is 0 Å². The second-order valence-electron chi connectivity index (χ2n) is 3.43. The average Bonchev–Trinajstić information content (AvgIpc) is 2.74. The van der Waals surface area contributed by atoms with Gasteiger partial charge < -0.3 is 11.1 Å². The molecule has 1 aromatic heterocycles. The van der Waals surface area contributed by atoms with Crippen LogP contribution in [-0.2, 0) is 11.2 Å². The Morgan fingerprint density at radius 3 is 2.88 bits per heavy atom. The Balaban J connectivity index is 0.00000225. The molecule has 0 unspecified atom stereocenters. The number of halogens is 1. The number of aryl methyl sites for hydroxylation is 1. The van der Waals surface area contributed by atoms with E-state index in [2.05, 4.69) is 11.4 Å². The summed E-state index contributed by atoms with van der Waals surface area (Å²) in [6.45, 7) is 1.45. The number of hydrogen-bond acceptors (Lipinski definition) is 3. The van der Waals surface area contributed by atoms with Crippen LogP contribution in [0.1, 0.15) is 24.1 Å². The van der Waals surface area contributed by atoms with Crippen molar-refractivity contribution < 1.29 is 4.79 Å². The summed E-state index contributed by atoms with van der Waals surface area (Å²) in [4.78, 5) is 12.6. The van der Waals surface area contributed by atoms with Gasteiger partial charge in [-0.05, 0) is 37.3 Å². The molecule has 1 heterocycles. The maximum Gasteiger partial charge on any atom is 0.220 e. The smallest absolute Gasteiger partial charge is 0.220 e. The highest BCUT2D eigenvalue weighted by Crippen LogP contribution is 2.10. The Morgan fingerprint density at radius 1 is 1.44 bits per heavy atom. The molecule has 0 aromatic carbocycles. The molecule has 1 aromatic rings. The molecule has 5 heteroatoms. The molecule has 1 amide bonds. The van der Waals surface area contributed by atoms with E-state index in [1.807, 2.05) is 11.4 Å². The van der Waals surface area contributed by atoms with Crippen LogP contribution in [0, 0.1) is 0 Å². The fourth-order valence-corrected chi connectivity index (χ4v) is 1.99. The lowest BCUT2D eigenvalue weighted by atomic mass is 10.2. The Bertz CT molecular complexity index is 278. The Kier molecular flexibility index (Phi) is 9.28. The molecule has 3 N–H and O–H groups in total. The molecular formula is C11H19ClN2OS. The third-order valence-corrected chi connectivity index (χ3v) is 3.07. The fraction of sp³-hybridized carbons (Fsp3) is 0.545. The molecule has 0 spiro atoms. The minimum Gasteiger partial charge on any atom is -0.356 e. The minimum absolute atomic E-state index is 0. The number of thiophene rings is 1. The van der Waals surface area contributed by atoms with Gasteiger partial charge in [-0.1, -0.05) is 6.07 Å². The number of hydrogen-bond donors (Lipinski definition) is 2. The molecule has 92 valence electrons. The summed E-state index contributed by atoms with van der Waals surface area (Å²) >= 11 is 1.70. The highest BCUT2D eigenvalue weighted by atomic mass is 35.5. The van der Waals surface area contributed by atoms with Crippen LogP contribution in [0.25, 0.3) is 0 Å². The van der Waals surface area contributed by atoms with Gasteiger partial charge in [0, 0.05) is 17.8 Å². The van der Waals surface area contributed by atoms with E-state index in [0.29, 0.717) is 13.0 Å². The van der Waals surface area contributed by atoms with E-state index in [9.17, 15) is 4.79 Å². The van der Waals surface area contributed by atoms with Gasteiger partial charge in [0.15, 0.2) is 0 Å². The quantitative estimate of drug-likeness (QED) is 0.738. The van der Waals surface area contributed by atoms with Crippen molar-refractivity contribution in [3.05, 3.63) is 22.4 Å². The summed E-state index contributed by atoms with van der Waals surface area (Å²) in [5.41, 5.74) is 5.36. The standard InChI is InChI=1S/C11H18N2OS.ClH/c12-7-1-2-8-13-11(14)6-5-10-4-3-9-15-10;/h3-4,9H,1-2,5-8,12H2,(H,13,14);1H. The summed E-state index contributed by atoms with van der Waals surface area (Å²) in [7, 11) is 0. The highest BCUT2D eigenvalue weighted by Gasteiger charge is 2.01. The predicted octanol–water partition coefficient (Wildman–Crippen LogP) is 1.96. The van der Waals surface area contributed by atoms with Crippen molar-refractivity contribution in [1.82, 2.24) is 5.32 Å². The number of nitrogens with two attached hydrogens (primary N) is 1. The first-order chi connectivity index (χ1) is 7.33. The van der Waals surface area contributed by atoms with Crippen LogP contribution < -0.4 is 11.1 Å². The zero-order valence-electron chi connectivity index (χ0n) is 9.28. The molecule has 0 radical (unpaired) electrons. The molecular weight excluding hydrogens is 244 g/mol. The molecule has 0 atom stereocenters. The minimum atomic E-state index is 0. The predicted molar refractivity (Wildman–Crippen MR) is 71.2 cm³/mol. The maximum atomic E-state index is 11.4. The molecule has 0 saturated heterocycles. The molecule has 0 aliphatic carbocycles. The third-order valence-electron chi connectivity index (χ3n) is 2.13. The first-order valence-electron chi connectivity index (χ1n) is 5.32. The highest BCUT2D eigenvalue weighted by molar-refractivity contribution is 7.09.